The van der Waals surface area contributed by atoms with Gasteiger partial charge in [-0.25, -0.2) is 4.79 Å². The van der Waals surface area contributed by atoms with Gasteiger partial charge in [0.25, 0.3) is 0 Å². The second kappa shape index (κ2) is 6.46. The van der Waals surface area contributed by atoms with Gasteiger partial charge in [0.1, 0.15) is 0 Å². The van der Waals surface area contributed by atoms with E-state index in [0.29, 0.717) is 17.7 Å². The van der Waals surface area contributed by atoms with Crippen LogP contribution in [0.25, 0.3) is 0 Å². The predicted octanol–water partition coefficient (Wildman–Crippen LogP) is 2.89. The van der Waals surface area contributed by atoms with Crippen molar-refractivity contribution in [3.8, 4) is 0 Å². The minimum absolute atomic E-state index is 0.312. The summed E-state index contributed by atoms with van der Waals surface area (Å²) >= 11 is 3.53. The Balaban J connectivity index is 1.61. The van der Waals surface area contributed by atoms with Crippen molar-refractivity contribution in [3.05, 3.63) is 33.8 Å². The van der Waals surface area contributed by atoms with Crippen LogP contribution in [0.2, 0.25) is 0 Å². The van der Waals surface area contributed by atoms with Gasteiger partial charge in [-0.1, -0.05) is 22.0 Å². The topological polar surface area (TPSA) is 47.6 Å². The van der Waals surface area contributed by atoms with Gasteiger partial charge in [-0.2, -0.15) is 0 Å². The molecule has 0 bridgehead atoms. The lowest BCUT2D eigenvalue weighted by Gasteiger charge is -2.20. The van der Waals surface area contributed by atoms with Crippen LogP contribution in [-0.4, -0.2) is 31.8 Å². The Morgan fingerprint density at radius 1 is 1.43 bits per heavy atom. The van der Waals surface area contributed by atoms with Gasteiger partial charge in [0, 0.05) is 23.7 Å². The molecule has 1 saturated carbocycles. The van der Waals surface area contributed by atoms with E-state index >= 15 is 0 Å². The molecule has 0 amide bonds. The van der Waals surface area contributed by atoms with Gasteiger partial charge in [-0.05, 0) is 42.9 Å². The van der Waals surface area contributed by atoms with E-state index in [0.717, 1.165) is 35.5 Å². The van der Waals surface area contributed by atoms with Gasteiger partial charge < -0.3 is 14.8 Å². The highest BCUT2D eigenvalue weighted by atomic mass is 79.9. The molecule has 2 fully saturated rings. The molecule has 0 radical (unpaired) electrons. The summed E-state index contributed by atoms with van der Waals surface area (Å²) in [7, 11) is 1.39. The normalized spacial score (nSPS) is 25.0. The Hall–Kier alpha value is -0.910. The maximum absolute atomic E-state index is 11.5. The van der Waals surface area contributed by atoms with E-state index in [1.54, 1.807) is 6.07 Å². The lowest BCUT2D eigenvalue weighted by Crippen LogP contribution is -2.37. The van der Waals surface area contributed by atoms with Crippen molar-refractivity contribution in [2.75, 3.05) is 13.7 Å². The molecule has 0 aromatic heterocycles. The summed E-state index contributed by atoms with van der Waals surface area (Å²) < 4.78 is 11.5. The molecule has 3 rings (SSSR count). The van der Waals surface area contributed by atoms with E-state index in [2.05, 4.69) is 21.2 Å². The van der Waals surface area contributed by atoms with Gasteiger partial charge >= 0.3 is 5.97 Å². The largest absolute Gasteiger partial charge is 0.465 e. The number of rotatable bonds is 5. The van der Waals surface area contributed by atoms with Crippen LogP contribution in [-0.2, 0) is 16.0 Å². The third kappa shape index (κ3) is 3.47. The lowest BCUT2D eigenvalue weighted by atomic mass is 10.1. The highest BCUT2D eigenvalue weighted by molar-refractivity contribution is 9.10. The smallest absolute Gasteiger partial charge is 0.337 e. The van der Waals surface area contributed by atoms with Crippen LogP contribution in [0.15, 0.2) is 22.7 Å². The quantitative estimate of drug-likeness (QED) is 0.826. The molecule has 2 unspecified atom stereocenters. The summed E-state index contributed by atoms with van der Waals surface area (Å²) in [4.78, 5) is 11.5. The Labute approximate surface area is 133 Å². The molecular formula is C16H20BrNO3. The first kappa shape index (κ1) is 15.0. The number of hydrogen-bond donors (Lipinski definition) is 1. The number of carbonyl (C=O) groups is 1. The number of hydrogen-bond acceptors (Lipinski definition) is 4. The second-order valence-electron chi connectivity index (χ2n) is 5.75. The number of halogens is 1. The molecule has 2 aliphatic rings. The fraction of sp³-hybridized carbons (Fsp3) is 0.562. The highest BCUT2D eigenvalue weighted by Crippen LogP contribution is 2.38. The predicted molar refractivity (Wildman–Crippen MR) is 83.2 cm³/mol. The molecule has 0 spiro atoms. The van der Waals surface area contributed by atoms with Crippen LogP contribution >= 0.6 is 15.9 Å². The first-order chi connectivity index (χ1) is 10.2. The number of carbonyl (C=O) groups excluding carboxylic acids is 1. The van der Waals surface area contributed by atoms with E-state index in [9.17, 15) is 4.79 Å². The summed E-state index contributed by atoms with van der Waals surface area (Å²) in [6, 6.07) is 6.03. The minimum atomic E-state index is -0.312. The first-order valence-electron chi connectivity index (χ1n) is 7.41. The average Bonchev–Trinajstić information content (AvgIpc) is 3.24. The average molecular weight is 354 g/mol. The molecule has 1 saturated heterocycles. The van der Waals surface area contributed by atoms with E-state index < -0.39 is 0 Å². The van der Waals surface area contributed by atoms with Crippen LogP contribution in [0, 0.1) is 5.92 Å². The number of esters is 1. The summed E-state index contributed by atoms with van der Waals surface area (Å²) in [6.45, 7) is 1.64. The minimum Gasteiger partial charge on any atom is -0.465 e. The van der Waals surface area contributed by atoms with Gasteiger partial charge in [0.15, 0.2) is 0 Å². The zero-order valence-electron chi connectivity index (χ0n) is 12.1. The number of methoxy groups -OCH3 is 1. The van der Waals surface area contributed by atoms with Gasteiger partial charge in [-0.3, -0.25) is 0 Å². The molecule has 1 heterocycles. The second-order valence-corrected chi connectivity index (χ2v) is 6.60. The van der Waals surface area contributed by atoms with Crippen molar-refractivity contribution in [1.82, 2.24) is 5.32 Å². The number of nitrogens with one attached hydrogen (secondary N) is 1. The zero-order chi connectivity index (χ0) is 14.8. The summed E-state index contributed by atoms with van der Waals surface area (Å²) in [5.74, 6) is 0.448. The van der Waals surface area contributed by atoms with E-state index in [-0.39, 0.29) is 5.97 Å². The van der Waals surface area contributed by atoms with Crippen molar-refractivity contribution in [3.63, 3.8) is 0 Å². The summed E-state index contributed by atoms with van der Waals surface area (Å²) in [5.41, 5.74) is 1.71. The molecule has 1 N–H and O–H groups in total. The Bertz CT molecular complexity index is 530. The van der Waals surface area contributed by atoms with Gasteiger partial charge in [-0.15, -0.1) is 0 Å². The third-order valence-corrected chi connectivity index (χ3v) is 4.99. The van der Waals surface area contributed by atoms with E-state index in [1.807, 2.05) is 12.1 Å². The molecule has 1 aromatic carbocycles. The van der Waals surface area contributed by atoms with Crippen molar-refractivity contribution >= 4 is 21.9 Å². The highest BCUT2D eigenvalue weighted by Gasteiger charge is 2.40. The van der Waals surface area contributed by atoms with Crippen molar-refractivity contribution in [1.29, 1.82) is 0 Å². The molecule has 114 valence electrons. The van der Waals surface area contributed by atoms with Gasteiger partial charge in [0.2, 0.25) is 0 Å². The fourth-order valence-electron chi connectivity index (χ4n) is 2.90. The number of benzene rings is 1. The summed E-state index contributed by atoms with van der Waals surface area (Å²) in [5, 5.41) is 3.60. The molecule has 21 heavy (non-hydrogen) atoms. The van der Waals surface area contributed by atoms with Crippen molar-refractivity contribution in [2.24, 2.45) is 5.92 Å². The van der Waals surface area contributed by atoms with E-state index in [1.165, 1.54) is 20.0 Å². The molecule has 1 aromatic rings. The Morgan fingerprint density at radius 2 is 2.24 bits per heavy atom. The molecule has 1 aliphatic heterocycles. The lowest BCUT2D eigenvalue weighted by molar-refractivity contribution is 0.0600. The Kier molecular flexibility index (Phi) is 4.62. The molecule has 5 heteroatoms. The molecular weight excluding hydrogens is 334 g/mol. The van der Waals surface area contributed by atoms with Crippen LogP contribution in [0.1, 0.15) is 35.2 Å². The molecule has 1 aliphatic carbocycles. The van der Waals surface area contributed by atoms with Crippen molar-refractivity contribution < 1.29 is 14.3 Å². The Morgan fingerprint density at radius 3 is 2.90 bits per heavy atom. The van der Waals surface area contributed by atoms with Crippen LogP contribution in [0.5, 0.6) is 0 Å². The van der Waals surface area contributed by atoms with Crippen LogP contribution in [0.4, 0.5) is 0 Å². The summed E-state index contributed by atoms with van der Waals surface area (Å²) in [6.07, 6.45) is 4.08. The third-order valence-electron chi connectivity index (χ3n) is 4.25. The molecule has 2 atom stereocenters. The zero-order valence-corrected chi connectivity index (χ0v) is 13.7. The van der Waals surface area contributed by atoms with Crippen LogP contribution in [0.3, 0.4) is 0 Å². The van der Waals surface area contributed by atoms with Crippen molar-refractivity contribution in [2.45, 2.75) is 38.0 Å². The first-order valence-corrected chi connectivity index (χ1v) is 8.20. The standard InChI is InChI=1S/C16H20BrNO3/c1-20-16(19)11-4-5-12(13(17)8-11)9-18-14-6-7-21-15(14)10-2-3-10/h4-5,8,10,14-15,18H,2-3,6-7,9H2,1H3. The van der Waals surface area contributed by atoms with Crippen LogP contribution < -0.4 is 5.32 Å². The van der Waals surface area contributed by atoms with Gasteiger partial charge in [0.05, 0.1) is 18.8 Å². The fourth-order valence-corrected chi connectivity index (χ4v) is 3.41. The number of ether oxygens (including phenoxy) is 2. The maximum atomic E-state index is 11.5. The maximum Gasteiger partial charge on any atom is 0.337 e. The monoisotopic (exact) mass is 353 g/mol. The SMILES string of the molecule is COC(=O)c1ccc(CNC2CCOC2C2CC2)c(Br)c1. The van der Waals surface area contributed by atoms with E-state index in [4.69, 9.17) is 9.47 Å². The molecule has 4 nitrogen and oxygen atoms in total.